The quantitative estimate of drug-likeness (QED) is 0.550. The number of hydrogen-bond donors (Lipinski definition) is 1. The Hall–Kier alpha value is -2.65. The summed E-state index contributed by atoms with van der Waals surface area (Å²) in [5.74, 6) is 0.917. The maximum atomic E-state index is 4.64. The number of nitrogens with one attached hydrogen (secondary N) is 1. The first-order chi connectivity index (χ1) is 10.9. The van der Waals surface area contributed by atoms with Gasteiger partial charge in [-0.3, -0.25) is 0 Å². The average molecular weight is 322 g/mol. The van der Waals surface area contributed by atoms with Gasteiger partial charge in [0.05, 0.1) is 11.0 Å². The Bertz CT molecular complexity index is 866. The summed E-state index contributed by atoms with van der Waals surface area (Å²) in [5, 5.41) is 0. The number of rotatable bonds is 3. The fourth-order valence-corrected chi connectivity index (χ4v) is 2.61. The molecule has 0 saturated heterocycles. The molecule has 4 heteroatoms. The fourth-order valence-electron chi connectivity index (χ4n) is 2.61. The molecule has 4 aromatic rings. The smallest absolute Gasteiger partial charge is 0.173 e. The second kappa shape index (κ2) is 6.63. The van der Waals surface area contributed by atoms with Crippen LogP contribution in [-0.4, -0.2) is 9.97 Å². The number of aromatic amines is 1. The molecule has 2 heterocycles. The Labute approximate surface area is 141 Å². The number of imidazole rings is 1. The minimum atomic E-state index is 0. The van der Waals surface area contributed by atoms with E-state index >= 15 is 0 Å². The van der Waals surface area contributed by atoms with Crippen LogP contribution in [-0.2, 0) is 6.54 Å². The van der Waals surface area contributed by atoms with Crippen molar-refractivity contribution in [1.82, 2.24) is 9.97 Å². The summed E-state index contributed by atoms with van der Waals surface area (Å²) in [6.07, 6.45) is 4.15. The first-order valence-electron chi connectivity index (χ1n) is 7.37. The zero-order chi connectivity index (χ0) is 14.8. The highest BCUT2D eigenvalue weighted by Crippen LogP contribution is 2.20. The Balaban J connectivity index is 0.00000156. The van der Waals surface area contributed by atoms with E-state index in [4.69, 9.17) is 0 Å². The molecule has 1 N–H and O–H groups in total. The molecule has 0 saturated carbocycles. The van der Waals surface area contributed by atoms with Crippen molar-refractivity contribution in [2.75, 3.05) is 0 Å². The van der Waals surface area contributed by atoms with E-state index in [9.17, 15) is 0 Å². The van der Waals surface area contributed by atoms with Crippen molar-refractivity contribution >= 4 is 11.0 Å². The molecule has 114 valence electrons. The van der Waals surface area contributed by atoms with Gasteiger partial charge in [0, 0.05) is 23.3 Å². The Morgan fingerprint density at radius 1 is 0.826 bits per heavy atom. The molecule has 0 unspecified atom stereocenters. The second-order valence-electron chi connectivity index (χ2n) is 5.35. The molecule has 0 atom stereocenters. The minimum Gasteiger partial charge on any atom is -1.00 e. The van der Waals surface area contributed by atoms with Crippen LogP contribution in [0.1, 0.15) is 5.56 Å². The van der Waals surface area contributed by atoms with Gasteiger partial charge in [-0.25, -0.2) is 9.55 Å². The van der Waals surface area contributed by atoms with Crippen LogP contribution in [0.5, 0.6) is 0 Å². The van der Waals surface area contributed by atoms with Crippen molar-refractivity contribution in [3.05, 3.63) is 84.7 Å². The zero-order valence-corrected chi connectivity index (χ0v) is 13.2. The summed E-state index contributed by atoms with van der Waals surface area (Å²) < 4.78 is 2.16. The van der Waals surface area contributed by atoms with Crippen LogP contribution in [0, 0.1) is 0 Å². The monoisotopic (exact) mass is 321 g/mol. The fraction of sp³-hybridized carbons (Fsp3) is 0.0526. The molecule has 0 aliphatic rings. The maximum Gasteiger partial charge on any atom is 0.173 e. The number of pyridine rings is 1. The molecule has 0 spiro atoms. The summed E-state index contributed by atoms with van der Waals surface area (Å²) in [5.41, 5.74) is 4.46. The van der Waals surface area contributed by atoms with E-state index in [-0.39, 0.29) is 12.4 Å². The van der Waals surface area contributed by atoms with Crippen molar-refractivity contribution in [1.29, 1.82) is 0 Å². The number of fused-ring (bicyclic) bond motifs is 1. The van der Waals surface area contributed by atoms with Crippen molar-refractivity contribution in [2.24, 2.45) is 0 Å². The summed E-state index contributed by atoms with van der Waals surface area (Å²) >= 11 is 0. The molecule has 0 bridgehead atoms. The average Bonchev–Trinajstić information content (AvgIpc) is 3.00. The first-order valence-corrected chi connectivity index (χ1v) is 7.37. The topological polar surface area (TPSA) is 32.6 Å². The van der Waals surface area contributed by atoms with Crippen LogP contribution in [0.25, 0.3) is 22.4 Å². The van der Waals surface area contributed by atoms with E-state index in [2.05, 4.69) is 51.2 Å². The molecule has 0 amide bonds. The summed E-state index contributed by atoms with van der Waals surface area (Å²) in [7, 11) is 0. The number of benzene rings is 2. The third-order valence-electron chi connectivity index (χ3n) is 3.76. The van der Waals surface area contributed by atoms with Gasteiger partial charge in [0.25, 0.3) is 0 Å². The molecule has 0 aliphatic heterocycles. The van der Waals surface area contributed by atoms with Gasteiger partial charge < -0.3 is 17.4 Å². The van der Waals surface area contributed by atoms with Crippen molar-refractivity contribution < 1.29 is 17.0 Å². The van der Waals surface area contributed by atoms with E-state index < -0.39 is 0 Å². The van der Waals surface area contributed by atoms with Crippen LogP contribution in [0.4, 0.5) is 0 Å². The number of H-pyrrole nitrogens is 1. The molecule has 0 fully saturated rings. The lowest BCUT2D eigenvalue weighted by atomic mass is 10.1. The molecule has 0 aliphatic carbocycles. The Morgan fingerprint density at radius 3 is 2.30 bits per heavy atom. The highest BCUT2D eigenvalue weighted by molar-refractivity contribution is 5.79. The lowest BCUT2D eigenvalue weighted by Gasteiger charge is -2.00. The van der Waals surface area contributed by atoms with Crippen molar-refractivity contribution in [3.63, 3.8) is 0 Å². The Morgan fingerprint density at radius 2 is 1.57 bits per heavy atom. The number of halogens is 1. The summed E-state index contributed by atoms with van der Waals surface area (Å²) in [6.45, 7) is 0.876. The third kappa shape index (κ3) is 3.25. The molecule has 4 rings (SSSR count). The SMILES string of the molecule is [Cl-].c1cc[n+](Cc2ccc(-c3nc4ccccc4[nH]3)cc2)cc1. The van der Waals surface area contributed by atoms with E-state index in [0.29, 0.717) is 0 Å². The molecule has 3 nitrogen and oxygen atoms in total. The van der Waals surface area contributed by atoms with Crippen LogP contribution >= 0.6 is 0 Å². The lowest BCUT2D eigenvalue weighted by Crippen LogP contribution is -3.00. The molecular weight excluding hydrogens is 306 g/mol. The maximum absolute atomic E-state index is 4.64. The largest absolute Gasteiger partial charge is 1.00 e. The molecular formula is C19H16ClN3. The predicted molar refractivity (Wildman–Crippen MR) is 87.3 cm³/mol. The molecule has 2 aromatic carbocycles. The predicted octanol–water partition coefficient (Wildman–Crippen LogP) is 0.570. The van der Waals surface area contributed by atoms with Crippen molar-refractivity contribution in [3.8, 4) is 11.4 Å². The third-order valence-corrected chi connectivity index (χ3v) is 3.76. The van der Waals surface area contributed by atoms with Gasteiger partial charge in [-0.05, 0) is 12.1 Å². The van der Waals surface area contributed by atoms with E-state index in [1.54, 1.807) is 0 Å². The van der Waals surface area contributed by atoms with Gasteiger partial charge in [0.1, 0.15) is 5.82 Å². The number of para-hydroxylation sites is 2. The van der Waals surface area contributed by atoms with E-state index in [1.807, 2.05) is 42.5 Å². The van der Waals surface area contributed by atoms with Gasteiger partial charge in [-0.15, -0.1) is 0 Å². The van der Waals surface area contributed by atoms with Gasteiger partial charge >= 0.3 is 0 Å². The van der Waals surface area contributed by atoms with Gasteiger partial charge in [0.2, 0.25) is 0 Å². The minimum absolute atomic E-state index is 0. The van der Waals surface area contributed by atoms with Crippen LogP contribution in [0.3, 0.4) is 0 Å². The van der Waals surface area contributed by atoms with E-state index in [0.717, 1.165) is 29.0 Å². The molecule has 23 heavy (non-hydrogen) atoms. The first kappa shape index (κ1) is 15.3. The van der Waals surface area contributed by atoms with Crippen LogP contribution in [0.2, 0.25) is 0 Å². The van der Waals surface area contributed by atoms with E-state index in [1.165, 1.54) is 5.56 Å². The standard InChI is InChI=1S/C19H16N3.ClH/c1-4-12-22(13-5-1)14-15-8-10-16(11-9-15)19-20-17-6-2-3-7-18(17)21-19;/h1-13H,14H2,(H,20,21);1H/q+1;/p-1. The van der Waals surface area contributed by atoms with Crippen LogP contribution in [0.15, 0.2) is 79.1 Å². The van der Waals surface area contributed by atoms with Gasteiger partial charge in [0.15, 0.2) is 18.9 Å². The molecule has 2 aromatic heterocycles. The number of nitrogens with zero attached hydrogens (tertiary/aromatic N) is 2. The zero-order valence-electron chi connectivity index (χ0n) is 12.5. The number of hydrogen-bond acceptors (Lipinski definition) is 1. The normalized spacial score (nSPS) is 10.4. The van der Waals surface area contributed by atoms with Crippen LogP contribution < -0.4 is 17.0 Å². The Kier molecular flexibility index (Phi) is 4.40. The highest BCUT2D eigenvalue weighted by atomic mass is 35.5. The molecule has 0 radical (unpaired) electrons. The highest BCUT2D eigenvalue weighted by Gasteiger charge is 2.06. The van der Waals surface area contributed by atoms with Crippen molar-refractivity contribution in [2.45, 2.75) is 6.54 Å². The van der Waals surface area contributed by atoms with Gasteiger partial charge in [-0.2, -0.15) is 0 Å². The summed E-state index contributed by atoms with van der Waals surface area (Å²) in [6, 6.07) is 22.8. The summed E-state index contributed by atoms with van der Waals surface area (Å²) in [4.78, 5) is 8.00. The number of aromatic nitrogens is 3. The second-order valence-corrected chi connectivity index (χ2v) is 5.35. The lowest BCUT2D eigenvalue weighted by molar-refractivity contribution is -0.688. The van der Waals surface area contributed by atoms with Gasteiger partial charge in [-0.1, -0.05) is 42.5 Å².